The second-order valence-corrected chi connectivity index (χ2v) is 7.80. The molecule has 2 N–H and O–H groups in total. The summed E-state index contributed by atoms with van der Waals surface area (Å²) in [6, 6.07) is 8.01. The van der Waals surface area contributed by atoms with Gasteiger partial charge in [0.1, 0.15) is 0 Å². The average molecular weight is 356 g/mol. The lowest BCUT2D eigenvalue weighted by atomic mass is 9.89. The first kappa shape index (κ1) is 18.2. The first-order valence-electron chi connectivity index (χ1n) is 7.37. The van der Waals surface area contributed by atoms with E-state index in [9.17, 15) is 9.90 Å². The number of amides is 1. The van der Waals surface area contributed by atoms with Crippen molar-refractivity contribution >= 4 is 21.8 Å². The number of aliphatic hydroxyl groups excluding tert-OH is 1. The Morgan fingerprint density at radius 2 is 1.86 bits per heavy atom. The zero-order valence-electron chi connectivity index (χ0n) is 13.3. The summed E-state index contributed by atoms with van der Waals surface area (Å²) in [5.74, 6) is 0.149. The molecule has 0 bridgehead atoms. The summed E-state index contributed by atoms with van der Waals surface area (Å²) in [5.41, 5.74) is 1.21. The van der Waals surface area contributed by atoms with E-state index in [1.165, 1.54) is 0 Å². The molecule has 0 aromatic heterocycles. The summed E-state index contributed by atoms with van der Waals surface area (Å²) < 4.78 is 1.04. The molecule has 1 amide bonds. The minimum absolute atomic E-state index is 0.0154. The highest BCUT2D eigenvalue weighted by Gasteiger charge is 2.18. The van der Waals surface area contributed by atoms with Crippen molar-refractivity contribution in [2.45, 2.75) is 52.6 Å². The van der Waals surface area contributed by atoms with Crippen LogP contribution < -0.4 is 5.32 Å². The lowest BCUT2D eigenvalue weighted by Crippen LogP contribution is -2.34. The topological polar surface area (TPSA) is 49.3 Å². The van der Waals surface area contributed by atoms with Crippen molar-refractivity contribution in [2.75, 3.05) is 6.54 Å². The van der Waals surface area contributed by atoms with Crippen LogP contribution in [0.1, 0.15) is 52.0 Å². The fraction of sp³-hybridized carbons (Fsp3) is 0.588. The van der Waals surface area contributed by atoms with Crippen LogP contribution in [-0.4, -0.2) is 23.7 Å². The molecule has 2 atom stereocenters. The van der Waals surface area contributed by atoms with Crippen LogP contribution in [0, 0.1) is 5.41 Å². The largest absolute Gasteiger partial charge is 0.391 e. The number of halogens is 1. The number of carbonyl (C=O) groups excluding carboxylic acids is 1. The molecule has 2 unspecified atom stereocenters. The van der Waals surface area contributed by atoms with Crippen LogP contribution >= 0.6 is 15.9 Å². The van der Waals surface area contributed by atoms with Crippen LogP contribution in [0.2, 0.25) is 0 Å². The van der Waals surface area contributed by atoms with Crippen molar-refractivity contribution in [3.05, 3.63) is 34.3 Å². The minimum Gasteiger partial charge on any atom is -0.391 e. The Bertz CT molecular complexity index is 451. The number of rotatable bonds is 6. The summed E-state index contributed by atoms with van der Waals surface area (Å²) in [6.07, 6.45) is 0.622. The van der Waals surface area contributed by atoms with E-state index < -0.39 is 6.10 Å². The highest BCUT2D eigenvalue weighted by Crippen LogP contribution is 2.22. The van der Waals surface area contributed by atoms with Crippen LogP contribution in [0.4, 0.5) is 0 Å². The van der Waals surface area contributed by atoms with Gasteiger partial charge >= 0.3 is 0 Å². The molecule has 0 saturated heterocycles. The van der Waals surface area contributed by atoms with E-state index in [1.807, 2.05) is 31.2 Å². The Morgan fingerprint density at radius 3 is 2.38 bits per heavy atom. The predicted molar refractivity (Wildman–Crippen MR) is 90.3 cm³/mol. The van der Waals surface area contributed by atoms with E-state index in [2.05, 4.69) is 42.0 Å². The van der Waals surface area contributed by atoms with Gasteiger partial charge < -0.3 is 10.4 Å². The summed E-state index contributed by atoms with van der Waals surface area (Å²) in [6.45, 7) is 8.59. The van der Waals surface area contributed by atoms with Crippen molar-refractivity contribution in [1.82, 2.24) is 5.32 Å². The van der Waals surface area contributed by atoms with Crippen molar-refractivity contribution in [1.29, 1.82) is 0 Å². The third-order valence-corrected chi connectivity index (χ3v) is 3.84. The summed E-state index contributed by atoms with van der Waals surface area (Å²) in [7, 11) is 0. The van der Waals surface area contributed by atoms with E-state index in [4.69, 9.17) is 0 Å². The maximum absolute atomic E-state index is 11.9. The van der Waals surface area contributed by atoms with Crippen LogP contribution in [0.25, 0.3) is 0 Å². The SMILES string of the molecule is CC(CC(=O)NCC(O)CC(C)(C)C)c1ccc(Br)cc1. The third-order valence-electron chi connectivity index (χ3n) is 3.31. The van der Waals surface area contributed by atoms with Crippen molar-refractivity contribution in [3.63, 3.8) is 0 Å². The third kappa shape index (κ3) is 7.63. The van der Waals surface area contributed by atoms with E-state index in [0.29, 0.717) is 19.4 Å². The summed E-state index contributed by atoms with van der Waals surface area (Å²) in [4.78, 5) is 11.9. The smallest absolute Gasteiger partial charge is 0.220 e. The zero-order chi connectivity index (χ0) is 16.0. The van der Waals surface area contributed by atoms with Gasteiger partial charge in [-0.15, -0.1) is 0 Å². The van der Waals surface area contributed by atoms with Gasteiger partial charge in [-0.3, -0.25) is 4.79 Å². The van der Waals surface area contributed by atoms with Crippen LogP contribution in [0.15, 0.2) is 28.7 Å². The maximum Gasteiger partial charge on any atom is 0.220 e. The molecule has 0 aliphatic rings. The summed E-state index contributed by atoms with van der Waals surface area (Å²) in [5, 5.41) is 12.7. The Labute approximate surface area is 136 Å². The molecule has 3 nitrogen and oxygen atoms in total. The molecule has 1 aromatic carbocycles. The predicted octanol–water partition coefficient (Wildman–Crippen LogP) is 3.86. The normalized spacial score (nSPS) is 14.6. The zero-order valence-corrected chi connectivity index (χ0v) is 14.9. The van der Waals surface area contributed by atoms with Crippen molar-refractivity contribution in [2.24, 2.45) is 5.41 Å². The first-order valence-corrected chi connectivity index (χ1v) is 8.17. The molecule has 0 aliphatic carbocycles. The van der Waals surface area contributed by atoms with Crippen LogP contribution in [-0.2, 0) is 4.79 Å². The number of benzene rings is 1. The van der Waals surface area contributed by atoms with Gasteiger partial charge in [0.25, 0.3) is 0 Å². The molecular weight excluding hydrogens is 330 g/mol. The Morgan fingerprint density at radius 1 is 1.29 bits per heavy atom. The monoisotopic (exact) mass is 355 g/mol. The second kappa shape index (κ2) is 7.95. The van der Waals surface area contributed by atoms with Crippen LogP contribution in [0.5, 0.6) is 0 Å². The van der Waals surface area contributed by atoms with Gasteiger partial charge in [-0.05, 0) is 35.4 Å². The standard InChI is InChI=1S/C17H26BrNO2/c1-12(13-5-7-14(18)8-6-13)9-16(21)19-11-15(20)10-17(2,3)4/h5-8,12,15,20H,9-11H2,1-4H3,(H,19,21). The quantitative estimate of drug-likeness (QED) is 0.813. The van der Waals surface area contributed by atoms with Gasteiger partial charge in [-0.25, -0.2) is 0 Å². The van der Waals surface area contributed by atoms with Gasteiger partial charge in [0, 0.05) is 17.4 Å². The molecule has 118 valence electrons. The highest BCUT2D eigenvalue weighted by molar-refractivity contribution is 9.10. The first-order chi connectivity index (χ1) is 9.67. The minimum atomic E-state index is -0.489. The van der Waals surface area contributed by atoms with Gasteiger partial charge in [-0.2, -0.15) is 0 Å². The average Bonchev–Trinajstić information content (AvgIpc) is 2.35. The molecule has 21 heavy (non-hydrogen) atoms. The van der Waals surface area contributed by atoms with Crippen molar-refractivity contribution < 1.29 is 9.90 Å². The van der Waals surface area contributed by atoms with Gasteiger partial charge in [-0.1, -0.05) is 55.8 Å². The molecule has 0 heterocycles. The number of carbonyl (C=O) groups is 1. The maximum atomic E-state index is 11.9. The van der Waals surface area contributed by atoms with E-state index >= 15 is 0 Å². The lowest BCUT2D eigenvalue weighted by Gasteiger charge is -2.22. The van der Waals surface area contributed by atoms with E-state index in [0.717, 1.165) is 10.0 Å². The molecule has 0 fully saturated rings. The number of hydrogen-bond donors (Lipinski definition) is 2. The lowest BCUT2D eigenvalue weighted by molar-refractivity contribution is -0.122. The van der Waals surface area contributed by atoms with Crippen molar-refractivity contribution in [3.8, 4) is 0 Å². The van der Waals surface area contributed by atoms with Crippen LogP contribution in [0.3, 0.4) is 0 Å². The number of aliphatic hydroxyl groups is 1. The van der Waals surface area contributed by atoms with Gasteiger partial charge in [0.05, 0.1) is 6.10 Å². The molecule has 0 radical (unpaired) electrons. The molecule has 1 aromatic rings. The van der Waals surface area contributed by atoms with E-state index in [1.54, 1.807) is 0 Å². The summed E-state index contributed by atoms with van der Waals surface area (Å²) >= 11 is 3.40. The molecule has 0 saturated carbocycles. The number of hydrogen-bond acceptors (Lipinski definition) is 2. The molecule has 0 aliphatic heterocycles. The van der Waals surface area contributed by atoms with Gasteiger partial charge in [0.2, 0.25) is 5.91 Å². The van der Waals surface area contributed by atoms with E-state index in [-0.39, 0.29) is 17.2 Å². The second-order valence-electron chi connectivity index (χ2n) is 6.88. The Hall–Kier alpha value is -0.870. The molecule has 4 heteroatoms. The number of nitrogens with one attached hydrogen (secondary N) is 1. The fourth-order valence-electron chi connectivity index (χ4n) is 2.27. The fourth-order valence-corrected chi connectivity index (χ4v) is 2.53. The molecule has 1 rings (SSSR count). The molecule has 0 spiro atoms. The van der Waals surface area contributed by atoms with Gasteiger partial charge in [0.15, 0.2) is 0 Å². The Kier molecular flexibility index (Phi) is 6.88. The molecular formula is C17H26BrNO2. The highest BCUT2D eigenvalue weighted by atomic mass is 79.9. The Balaban J connectivity index is 2.38.